The van der Waals surface area contributed by atoms with Crippen molar-refractivity contribution < 1.29 is 4.79 Å². The van der Waals surface area contributed by atoms with E-state index in [1.807, 2.05) is 0 Å². The molecule has 1 heterocycles. The van der Waals surface area contributed by atoms with Gasteiger partial charge in [0.15, 0.2) is 0 Å². The van der Waals surface area contributed by atoms with Gasteiger partial charge in [-0.05, 0) is 42.5 Å². The molecule has 1 aliphatic carbocycles. The van der Waals surface area contributed by atoms with E-state index in [1.54, 1.807) is 35.0 Å². The van der Waals surface area contributed by atoms with E-state index in [1.165, 1.54) is 6.07 Å². The maximum Gasteiger partial charge on any atom is 0.253 e. The van der Waals surface area contributed by atoms with E-state index < -0.39 is 0 Å². The lowest BCUT2D eigenvalue weighted by Crippen LogP contribution is -2.26. The Labute approximate surface area is 144 Å². The minimum Gasteiger partial charge on any atom is -0.348 e. The highest BCUT2D eigenvalue weighted by atomic mass is 35.5. The molecule has 1 amide bonds. The van der Waals surface area contributed by atoms with Crippen molar-refractivity contribution in [2.45, 2.75) is 25.9 Å². The summed E-state index contributed by atoms with van der Waals surface area (Å²) in [4.78, 5) is 24.1. The Kier molecular flexibility index (Phi) is 4.74. The zero-order valence-corrected chi connectivity index (χ0v) is 13.9. The smallest absolute Gasteiger partial charge is 0.253 e. The van der Waals surface area contributed by atoms with Crippen LogP contribution >= 0.6 is 23.2 Å². The third kappa shape index (κ3) is 4.15. The van der Waals surface area contributed by atoms with E-state index in [0.29, 0.717) is 34.6 Å². The van der Waals surface area contributed by atoms with Crippen LogP contribution in [0, 0.1) is 5.92 Å². The molecular formula is C17H16Cl2N2O2. The summed E-state index contributed by atoms with van der Waals surface area (Å²) in [6.45, 7) is 0.986. The number of halogens is 2. The van der Waals surface area contributed by atoms with Crippen molar-refractivity contribution >= 4 is 29.1 Å². The summed E-state index contributed by atoms with van der Waals surface area (Å²) in [6.07, 6.45) is 3.93. The second-order valence-corrected chi connectivity index (χ2v) is 6.61. The molecule has 0 radical (unpaired) electrons. The van der Waals surface area contributed by atoms with Crippen molar-refractivity contribution in [1.82, 2.24) is 9.88 Å². The predicted octanol–water partition coefficient (Wildman–Crippen LogP) is 3.50. The molecule has 0 bridgehead atoms. The van der Waals surface area contributed by atoms with Crippen LogP contribution in [0.15, 0.2) is 41.3 Å². The van der Waals surface area contributed by atoms with E-state index in [9.17, 15) is 9.59 Å². The fourth-order valence-electron chi connectivity index (χ4n) is 2.33. The van der Waals surface area contributed by atoms with Crippen molar-refractivity contribution in [2.24, 2.45) is 5.92 Å². The Morgan fingerprint density at radius 3 is 2.70 bits per heavy atom. The number of carbonyl (C=O) groups excluding carboxylic acids is 1. The van der Waals surface area contributed by atoms with Crippen LogP contribution in [0.4, 0.5) is 0 Å². The summed E-state index contributed by atoms with van der Waals surface area (Å²) in [6, 6.07) is 8.13. The lowest BCUT2D eigenvalue weighted by Gasteiger charge is -2.09. The van der Waals surface area contributed by atoms with Crippen molar-refractivity contribution in [3.63, 3.8) is 0 Å². The van der Waals surface area contributed by atoms with Crippen molar-refractivity contribution in [1.29, 1.82) is 0 Å². The van der Waals surface area contributed by atoms with Crippen LogP contribution in [-0.4, -0.2) is 10.5 Å². The molecule has 4 nitrogen and oxygen atoms in total. The van der Waals surface area contributed by atoms with Crippen LogP contribution in [0.1, 0.15) is 28.8 Å². The second-order valence-electron chi connectivity index (χ2n) is 5.77. The molecule has 0 unspecified atom stereocenters. The van der Waals surface area contributed by atoms with Gasteiger partial charge in [0.1, 0.15) is 0 Å². The molecule has 1 aliphatic rings. The topological polar surface area (TPSA) is 51.1 Å². The fourth-order valence-corrected chi connectivity index (χ4v) is 2.80. The Bertz CT molecular complexity index is 797. The number of carbonyl (C=O) groups is 1. The van der Waals surface area contributed by atoms with E-state index in [2.05, 4.69) is 5.32 Å². The highest BCUT2D eigenvalue weighted by molar-refractivity contribution is 6.35. The first-order valence-corrected chi connectivity index (χ1v) is 8.21. The lowest BCUT2D eigenvalue weighted by atomic mass is 10.2. The fraction of sp³-hybridized carbons (Fsp3) is 0.294. The number of nitrogens with zero attached hydrogens (tertiary/aromatic N) is 1. The third-order valence-electron chi connectivity index (χ3n) is 3.85. The number of aromatic nitrogens is 1. The summed E-state index contributed by atoms with van der Waals surface area (Å²) < 4.78 is 1.61. The summed E-state index contributed by atoms with van der Waals surface area (Å²) in [7, 11) is 0. The first-order valence-electron chi connectivity index (χ1n) is 7.45. The van der Waals surface area contributed by atoms with Gasteiger partial charge in [-0.15, -0.1) is 0 Å². The van der Waals surface area contributed by atoms with Crippen LogP contribution in [-0.2, 0) is 13.1 Å². The zero-order chi connectivity index (χ0) is 16.4. The minimum atomic E-state index is -0.236. The van der Waals surface area contributed by atoms with E-state index >= 15 is 0 Å². The molecule has 6 heteroatoms. The molecule has 1 N–H and O–H groups in total. The average Bonchev–Trinajstić information content (AvgIpc) is 3.32. The van der Waals surface area contributed by atoms with Gasteiger partial charge >= 0.3 is 0 Å². The maximum atomic E-state index is 12.3. The van der Waals surface area contributed by atoms with Gasteiger partial charge in [0.2, 0.25) is 0 Å². The summed E-state index contributed by atoms with van der Waals surface area (Å²) >= 11 is 11.9. The number of rotatable bonds is 5. The molecule has 3 rings (SSSR count). The quantitative estimate of drug-likeness (QED) is 0.897. The van der Waals surface area contributed by atoms with Crippen LogP contribution in [0.3, 0.4) is 0 Å². The van der Waals surface area contributed by atoms with Crippen LogP contribution in [0.5, 0.6) is 0 Å². The van der Waals surface area contributed by atoms with Gasteiger partial charge < -0.3 is 9.88 Å². The molecule has 0 atom stereocenters. The number of nitrogens with one attached hydrogen (secondary N) is 1. The molecular weight excluding hydrogens is 335 g/mol. The predicted molar refractivity (Wildman–Crippen MR) is 91.1 cm³/mol. The second kappa shape index (κ2) is 6.77. The van der Waals surface area contributed by atoms with Crippen LogP contribution < -0.4 is 10.9 Å². The van der Waals surface area contributed by atoms with Gasteiger partial charge in [0.25, 0.3) is 11.5 Å². The zero-order valence-electron chi connectivity index (χ0n) is 12.4. The highest BCUT2D eigenvalue weighted by Crippen LogP contribution is 2.30. The van der Waals surface area contributed by atoms with Gasteiger partial charge in [0.05, 0.1) is 5.56 Å². The number of hydrogen-bond donors (Lipinski definition) is 1. The van der Waals surface area contributed by atoms with Gasteiger partial charge in [-0.25, -0.2) is 0 Å². The van der Waals surface area contributed by atoms with E-state index in [-0.39, 0.29) is 11.5 Å². The largest absolute Gasteiger partial charge is 0.348 e. The summed E-state index contributed by atoms with van der Waals surface area (Å²) in [5.41, 5.74) is 1.18. The standard InChI is InChI=1S/C17H16Cl2N2O2/c18-14-5-3-12(15(19)7-14)8-20-17(23)13-4-6-16(22)21(10-13)9-11-1-2-11/h3-7,10-11H,1-2,8-9H2,(H,20,23). The lowest BCUT2D eigenvalue weighted by molar-refractivity contribution is 0.0950. The number of amides is 1. The molecule has 1 fully saturated rings. The number of hydrogen-bond acceptors (Lipinski definition) is 2. The molecule has 1 aromatic carbocycles. The molecule has 120 valence electrons. The van der Waals surface area contributed by atoms with Gasteiger partial charge in [-0.3, -0.25) is 9.59 Å². The Morgan fingerprint density at radius 2 is 2.00 bits per heavy atom. The monoisotopic (exact) mass is 350 g/mol. The first-order chi connectivity index (χ1) is 11.0. The molecule has 0 aliphatic heterocycles. The van der Waals surface area contributed by atoms with E-state index in [0.717, 1.165) is 18.4 Å². The van der Waals surface area contributed by atoms with Gasteiger partial charge in [0, 0.05) is 35.4 Å². The van der Waals surface area contributed by atoms with Crippen molar-refractivity contribution in [3.8, 4) is 0 Å². The molecule has 1 aromatic heterocycles. The molecule has 0 saturated heterocycles. The molecule has 1 saturated carbocycles. The molecule has 23 heavy (non-hydrogen) atoms. The highest BCUT2D eigenvalue weighted by Gasteiger charge is 2.22. The van der Waals surface area contributed by atoms with E-state index in [4.69, 9.17) is 23.2 Å². The normalized spacial score (nSPS) is 13.8. The summed E-state index contributed by atoms with van der Waals surface area (Å²) in [5.74, 6) is 0.333. The Morgan fingerprint density at radius 1 is 1.22 bits per heavy atom. The minimum absolute atomic E-state index is 0.0748. The first kappa shape index (κ1) is 16.1. The number of benzene rings is 1. The molecule has 2 aromatic rings. The molecule has 0 spiro atoms. The van der Waals surface area contributed by atoms with Crippen molar-refractivity contribution in [3.05, 3.63) is 68.1 Å². The van der Waals surface area contributed by atoms with Crippen LogP contribution in [0.25, 0.3) is 0 Å². The Balaban J connectivity index is 1.69. The average molecular weight is 351 g/mol. The maximum absolute atomic E-state index is 12.3. The van der Waals surface area contributed by atoms with Crippen molar-refractivity contribution in [2.75, 3.05) is 0 Å². The van der Waals surface area contributed by atoms with Crippen LogP contribution in [0.2, 0.25) is 10.0 Å². The van der Waals surface area contributed by atoms with Gasteiger partial charge in [-0.2, -0.15) is 0 Å². The summed E-state index contributed by atoms with van der Waals surface area (Å²) in [5, 5.41) is 3.87. The Hall–Kier alpha value is -1.78. The third-order valence-corrected chi connectivity index (χ3v) is 4.44. The SMILES string of the molecule is O=C(NCc1ccc(Cl)cc1Cl)c1ccc(=O)n(CC2CC2)c1. The van der Waals surface area contributed by atoms with Gasteiger partial charge in [-0.1, -0.05) is 29.3 Å². The number of pyridine rings is 1.